The average molecular weight is 533 g/mol. The molecule has 7 unspecified atom stereocenters. The van der Waals surface area contributed by atoms with Crippen molar-refractivity contribution in [1.29, 1.82) is 0 Å². The van der Waals surface area contributed by atoms with E-state index in [9.17, 15) is 19.2 Å². The number of nitrogens with one attached hydrogen (secondary N) is 1. The van der Waals surface area contributed by atoms with E-state index in [4.69, 9.17) is 16.3 Å². The van der Waals surface area contributed by atoms with E-state index in [2.05, 4.69) is 4.98 Å². The highest BCUT2D eigenvalue weighted by molar-refractivity contribution is 8.00. The van der Waals surface area contributed by atoms with Gasteiger partial charge in [-0.05, 0) is 48.3 Å². The summed E-state index contributed by atoms with van der Waals surface area (Å²) in [5.41, 5.74) is 1.07. The molecule has 1 aromatic carbocycles. The van der Waals surface area contributed by atoms with Crippen LogP contribution in [0.25, 0.3) is 0 Å². The third-order valence-electron chi connectivity index (χ3n) is 8.09. The van der Waals surface area contributed by atoms with Crippen LogP contribution >= 0.6 is 34.7 Å². The van der Waals surface area contributed by atoms with Gasteiger partial charge in [0, 0.05) is 21.1 Å². The van der Waals surface area contributed by atoms with Gasteiger partial charge in [-0.3, -0.25) is 24.1 Å². The summed E-state index contributed by atoms with van der Waals surface area (Å²) in [5.74, 6) is -1.69. The van der Waals surface area contributed by atoms with E-state index < -0.39 is 17.8 Å². The molecule has 35 heavy (non-hydrogen) atoms. The van der Waals surface area contributed by atoms with Crippen LogP contribution in [0, 0.1) is 29.6 Å². The zero-order valence-electron chi connectivity index (χ0n) is 19.1. The number of halogens is 1. The fourth-order valence-corrected chi connectivity index (χ4v) is 9.80. The van der Waals surface area contributed by atoms with Crippen molar-refractivity contribution in [3.63, 3.8) is 0 Å². The second-order valence-corrected chi connectivity index (χ2v) is 12.5. The van der Waals surface area contributed by atoms with Gasteiger partial charge in [-0.15, -0.1) is 11.8 Å². The summed E-state index contributed by atoms with van der Waals surface area (Å²) < 4.78 is 5.22. The van der Waals surface area contributed by atoms with E-state index in [1.54, 1.807) is 11.8 Å². The number of fused-ring (bicyclic) bond motifs is 9. The summed E-state index contributed by atoms with van der Waals surface area (Å²) >= 11 is 9.03. The molecule has 3 fully saturated rings. The van der Waals surface area contributed by atoms with Crippen molar-refractivity contribution in [3.05, 3.63) is 49.4 Å². The number of carbonyl (C=O) groups excluding carboxylic acids is 3. The number of unbranched alkanes of at least 4 members (excludes halogenated alkanes) is 1. The predicted octanol–water partition coefficient (Wildman–Crippen LogP) is 3.91. The van der Waals surface area contributed by atoms with Crippen molar-refractivity contribution in [2.24, 2.45) is 29.6 Å². The van der Waals surface area contributed by atoms with Crippen LogP contribution in [0.5, 0.6) is 0 Å². The summed E-state index contributed by atoms with van der Waals surface area (Å²) in [7, 11) is 0. The van der Waals surface area contributed by atoms with Gasteiger partial charge in [0.2, 0.25) is 11.8 Å². The minimum absolute atomic E-state index is 0.0195. The van der Waals surface area contributed by atoms with Crippen LogP contribution < -0.4 is 4.87 Å². The van der Waals surface area contributed by atoms with Crippen molar-refractivity contribution in [2.75, 3.05) is 13.2 Å². The number of hydrogen-bond acceptors (Lipinski definition) is 7. The molecular formula is C25H25ClN2O5S2. The average Bonchev–Trinajstić information content (AvgIpc) is 3.56. The lowest BCUT2D eigenvalue weighted by Gasteiger charge is -2.43. The lowest BCUT2D eigenvalue weighted by Crippen LogP contribution is -2.42. The van der Waals surface area contributed by atoms with E-state index in [0.717, 1.165) is 39.6 Å². The van der Waals surface area contributed by atoms with Crippen molar-refractivity contribution < 1.29 is 19.1 Å². The van der Waals surface area contributed by atoms with E-state index in [1.807, 2.05) is 31.2 Å². The van der Waals surface area contributed by atoms with Crippen LogP contribution in [0.4, 0.5) is 0 Å². The van der Waals surface area contributed by atoms with Crippen molar-refractivity contribution in [3.8, 4) is 0 Å². The van der Waals surface area contributed by atoms with Crippen molar-refractivity contribution >= 4 is 52.5 Å². The minimum Gasteiger partial charge on any atom is -0.464 e. The number of esters is 1. The molecule has 10 heteroatoms. The third kappa shape index (κ3) is 3.61. The Kier molecular flexibility index (Phi) is 5.85. The van der Waals surface area contributed by atoms with Crippen molar-refractivity contribution in [2.45, 2.75) is 42.4 Å². The van der Waals surface area contributed by atoms with Crippen LogP contribution in [0.1, 0.15) is 42.5 Å². The molecule has 1 N–H and O–H groups in total. The maximum Gasteiger partial charge on any atom is 0.326 e. The van der Waals surface area contributed by atoms with E-state index in [0.29, 0.717) is 11.6 Å². The first-order valence-corrected chi connectivity index (χ1v) is 14.1. The fourth-order valence-electron chi connectivity index (χ4n) is 6.78. The molecule has 2 saturated carbocycles. The fraction of sp³-hybridized carbons (Fsp3) is 0.520. The van der Waals surface area contributed by atoms with Gasteiger partial charge in [0.25, 0.3) is 0 Å². The third-order valence-corrected chi connectivity index (χ3v) is 10.9. The standard InChI is InChI=1S/C25H25ClN2O5S2/c1-2-3-8-33-15(29)10-28-23(30)18-13-9-14(19(18)24(28)31)20-17(13)16(11-4-6-12(26)7-5-11)21-22(34-20)27-25(32)35-21/h4-7,13-14,16-20H,2-3,8-10H2,1H3,(H,27,32). The van der Waals surface area contributed by atoms with Crippen molar-refractivity contribution in [1.82, 2.24) is 9.88 Å². The number of hydrogen-bond donors (Lipinski definition) is 1. The lowest BCUT2D eigenvalue weighted by molar-refractivity contribution is -0.153. The molecule has 6 rings (SSSR count). The maximum atomic E-state index is 13.5. The first-order chi connectivity index (χ1) is 16.9. The quantitative estimate of drug-likeness (QED) is 0.344. The van der Waals surface area contributed by atoms with Crippen LogP contribution in [0.3, 0.4) is 0 Å². The van der Waals surface area contributed by atoms with E-state index >= 15 is 0 Å². The summed E-state index contributed by atoms with van der Waals surface area (Å²) in [4.78, 5) is 56.5. The number of likely N-dealkylation sites (tertiary alicyclic amines) is 1. The SMILES string of the molecule is CCCCOC(=O)CN1C(=O)C2C3CC(C2C1=O)C1C(c2ccc(Cl)cc2)c2sc(=O)[nH]c2SC31. The van der Waals surface area contributed by atoms with Gasteiger partial charge >= 0.3 is 10.8 Å². The smallest absolute Gasteiger partial charge is 0.326 e. The number of amides is 2. The van der Waals surface area contributed by atoms with Crippen LogP contribution in [-0.4, -0.2) is 46.1 Å². The highest BCUT2D eigenvalue weighted by Crippen LogP contribution is 2.68. The normalized spacial score (nSPS) is 32.5. The van der Waals surface area contributed by atoms with E-state index in [-0.39, 0.29) is 52.2 Å². The highest BCUT2D eigenvalue weighted by Gasteiger charge is 2.69. The molecule has 0 radical (unpaired) electrons. The molecule has 2 amide bonds. The molecular weight excluding hydrogens is 508 g/mol. The molecule has 184 valence electrons. The molecule has 2 aliphatic carbocycles. The molecule has 2 bridgehead atoms. The molecule has 3 heterocycles. The Bertz CT molecular complexity index is 1260. The number of aromatic nitrogens is 1. The van der Waals surface area contributed by atoms with Gasteiger partial charge in [0.05, 0.1) is 23.5 Å². The van der Waals surface area contributed by atoms with Crippen LogP contribution in [-0.2, 0) is 19.1 Å². The van der Waals surface area contributed by atoms with Crippen LogP contribution in [0.2, 0.25) is 5.02 Å². The number of nitrogens with zero attached hydrogens (tertiary/aromatic N) is 1. The number of aromatic amines is 1. The van der Waals surface area contributed by atoms with Gasteiger partial charge in [0.15, 0.2) is 0 Å². The number of thiazole rings is 1. The number of H-pyrrole nitrogens is 1. The van der Waals surface area contributed by atoms with Gasteiger partial charge in [0.1, 0.15) is 6.54 Å². The van der Waals surface area contributed by atoms with Gasteiger partial charge in [-0.2, -0.15) is 0 Å². The molecule has 1 aromatic heterocycles. The summed E-state index contributed by atoms with van der Waals surface area (Å²) in [5, 5.41) is 1.63. The second-order valence-electron chi connectivity index (χ2n) is 9.85. The lowest BCUT2D eigenvalue weighted by atomic mass is 9.68. The Labute approximate surface area is 215 Å². The number of rotatable bonds is 6. The zero-order valence-corrected chi connectivity index (χ0v) is 21.5. The molecule has 2 aliphatic heterocycles. The largest absolute Gasteiger partial charge is 0.464 e. The number of thioether (sulfide) groups is 1. The molecule has 2 aromatic rings. The Morgan fingerprint density at radius 1 is 1.14 bits per heavy atom. The molecule has 0 spiro atoms. The topological polar surface area (TPSA) is 96.5 Å². The minimum atomic E-state index is -0.530. The number of ether oxygens (including phenoxy) is 1. The van der Waals surface area contributed by atoms with E-state index in [1.165, 1.54) is 11.3 Å². The Hall–Kier alpha value is -2.10. The molecule has 1 saturated heterocycles. The van der Waals surface area contributed by atoms with Crippen LogP contribution in [0.15, 0.2) is 34.1 Å². The summed E-state index contributed by atoms with van der Waals surface area (Å²) in [6, 6.07) is 7.71. The predicted molar refractivity (Wildman–Crippen MR) is 133 cm³/mol. The maximum absolute atomic E-state index is 13.5. The molecule has 4 aliphatic rings. The first kappa shape index (κ1) is 23.3. The Balaban J connectivity index is 1.32. The number of imide groups is 1. The zero-order chi connectivity index (χ0) is 24.4. The molecule has 7 atom stereocenters. The van der Waals surface area contributed by atoms with Gasteiger partial charge in [-0.1, -0.05) is 48.4 Å². The van der Waals surface area contributed by atoms with Gasteiger partial charge < -0.3 is 9.72 Å². The summed E-state index contributed by atoms with van der Waals surface area (Å²) in [6.07, 6.45) is 2.46. The monoisotopic (exact) mass is 532 g/mol. The summed E-state index contributed by atoms with van der Waals surface area (Å²) in [6.45, 7) is 1.99. The number of benzene rings is 1. The highest BCUT2D eigenvalue weighted by atomic mass is 35.5. The first-order valence-electron chi connectivity index (χ1n) is 12.0. The van der Waals surface area contributed by atoms with Gasteiger partial charge in [-0.25, -0.2) is 0 Å². The Morgan fingerprint density at radius 2 is 1.86 bits per heavy atom. The molecule has 7 nitrogen and oxygen atoms in total. The Morgan fingerprint density at radius 3 is 2.57 bits per heavy atom. The second kappa shape index (κ2) is 8.78. The number of carbonyl (C=O) groups is 3.